The lowest BCUT2D eigenvalue weighted by atomic mass is 9.87. The maximum absolute atomic E-state index is 2.47. The van der Waals surface area contributed by atoms with Gasteiger partial charge in [-0.3, -0.25) is 0 Å². The Morgan fingerprint density at radius 1 is 0.339 bits per heavy atom. The third-order valence-electron chi connectivity index (χ3n) is 12.6. The van der Waals surface area contributed by atoms with E-state index in [1.54, 1.807) is 0 Å². The number of hydrogen-bond acceptors (Lipinski definition) is 0. The summed E-state index contributed by atoms with van der Waals surface area (Å²) in [5.41, 5.74) is 20.4. The van der Waals surface area contributed by atoms with Crippen molar-refractivity contribution in [1.29, 1.82) is 0 Å². The molecule has 0 radical (unpaired) electrons. The van der Waals surface area contributed by atoms with Crippen LogP contribution < -0.4 is 0 Å². The van der Waals surface area contributed by atoms with E-state index in [9.17, 15) is 0 Å². The van der Waals surface area contributed by atoms with Crippen LogP contribution in [0.3, 0.4) is 0 Å². The Labute approximate surface area is 367 Å². The third-order valence-corrected chi connectivity index (χ3v) is 12.6. The van der Waals surface area contributed by atoms with Crippen LogP contribution in [0.25, 0.3) is 88.4 Å². The molecule has 0 saturated carbocycles. The van der Waals surface area contributed by atoms with Crippen molar-refractivity contribution in [3.05, 3.63) is 192 Å². The van der Waals surface area contributed by atoms with Crippen molar-refractivity contribution in [2.45, 2.75) is 68.2 Å². The van der Waals surface area contributed by atoms with Gasteiger partial charge in [-0.05, 0) is 166 Å². The highest BCUT2D eigenvalue weighted by Gasteiger charge is 2.20. The molecule has 2 aromatic heterocycles. The van der Waals surface area contributed by atoms with Crippen LogP contribution in [0.2, 0.25) is 0 Å². The Hall–Kier alpha value is -6.64. The fourth-order valence-electron chi connectivity index (χ4n) is 9.92. The first-order valence-electron chi connectivity index (χ1n) is 22.3. The number of rotatable bonds is 7. The highest BCUT2D eigenvalue weighted by molar-refractivity contribution is 6.12. The van der Waals surface area contributed by atoms with Gasteiger partial charge in [0, 0.05) is 32.9 Å². The molecule has 0 saturated heterocycles. The summed E-state index contributed by atoms with van der Waals surface area (Å²) in [6.07, 6.45) is 2.05. The normalized spacial score (nSPS) is 12.3. The Morgan fingerprint density at radius 2 is 0.710 bits per heavy atom. The second-order valence-electron chi connectivity index (χ2n) is 20.0. The molecular formula is C60H56N2. The van der Waals surface area contributed by atoms with Gasteiger partial charge in [0.05, 0.1) is 22.1 Å². The molecule has 0 N–H and O–H groups in total. The summed E-state index contributed by atoms with van der Waals surface area (Å²) in [4.78, 5) is 0. The Kier molecular flexibility index (Phi) is 9.60. The second kappa shape index (κ2) is 15.1. The molecule has 2 heteroatoms. The maximum Gasteiger partial charge on any atom is 0.0541 e. The number of hydrogen-bond donors (Lipinski definition) is 0. The van der Waals surface area contributed by atoms with Crippen LogP contribution in [-0.4, -0.2) is 9.13 Å². The van der Waals surface area contributed by atoms with Gasteiger partial charge in [0.15, 0.2) is 0 Å². The van der Waals surface area contributed by atoms with Crippen molar-refractivity contribution in [3.8, 4) is 44.8 Å². The topological polar surface area (TPSA) is 9.86 Å². The van der Waals surface area contributed by atoms with Crippen molar-refractivity contribution in [1.82, 2.24) is 9.13 Å². The van der Waals surface area contributed by atoms with Gasteiger partial charge in [-0.15, -0.1) is 0 Å². The maximum atomic E-state index is 2.47. The molecule has 0 bridgehead atoms. The van der Waals surface area contributed by atoms with E-state index in [1.165, 1.54) is 99.2 Å². The Morgan fingerprint density at radius 3 is 1.10 bits per heavy atom. The molecule has 62 heavy (non-hydrogen) atoms. The minimum atomic E-state index is 0.194. The summed E-state index contributed by atoms with van der Waals surface area (Å²) in [7, 11) is 0. The number of benzene rings is 8. The largest absolute Gasteiger partial charge is 0.309 e. The van der Waals surface area contributed by atoms with Gasteiger partial charge in [-0.1, -0.05) is 139 Å². The number of nitrogens with zero attached hydrogens (tertiary/aromatic N) is 2. The van der Waals surface area contributed by atoms with Crippen LogP contribution in [-0.2, 0) is 12.8 Å². The molecule has 2 nitrogen and oxygen atoms in total. The zero-order chi connectivity index (χ0) is 42.9. The van der Waals surface area contributed by atoms with Gasteiger partial charge >= 0.3 is 0 Å². The molecule has 0 spiro atoms. The number of aromatic nitrogens is 2. The molecule has 10 rings (SSSR count). The zero-order valence-electron chi connectivity index (χ0n) is 37.5. The lowest BCUT2D eigenvalue weighted by molar-refractivity contribution is 0.411. The fourth-order valence-corrected chi connectivity index (χ4v) is 9.92. The van der Waals surface area contributed by atoms with Crippen LogP contribution in [0.5, 0.6) is 0 Å². The average molecular weight is 805 g/mol. The lowest BCUT2D eigenvalue weighted by Crippen LogP contribution is -2.08. The van der Waals surface area contributed by atoms with Gasteiger partial charge in [-0.2, -0.15) is 0 Å². The molecule has 0 amide bonds. The number of aryl methyl sites for hydroxylation is 2. The molecular weight excluding hydrogens is 749 g/mol. The summed E-state index contributed by atoms with van der Waals surface area (Å²) in [6, 6.07) is 64.0. The molecule has 0 unspecified atom stereocenters. The van der Waals surface area contributed by atoms with Crippen LogP contribution in [0.4, 0.5) is 0 Å². The van der Waals surface area contributed by atoms with E-state index in [1.807, 2.05) is 0 Å². The first kappa shape index (κ1) is 39.5. The van der Waals surface area contributed by atoms with E-state index in [-0.39, 0.29) is 10.8 Å². The standard InChI is InChI=1S/C60H56N2/c1-39-15-9-11-21-49(39)45-25-29-57-53(35-45)51-31-41(37-59(3,4)5)23-27-55(51)61(57)47-19-13-17-43(33-47)44-18-14-20-48(34-44)62-56-28-24-42(38-60(6,7)8)32-52(56)54-36-46(26-30-58(54)62)50-22-12-10-16-40(50)2/h9-36H,37-38H2,1-8H3. The van der Waals surface area contributed by atoms with Crippen LogP contribution in [0.1, 0.15) is 63.8 Å². The van der Waals surface area contributed by atoms with Crippen molar-refractivity contribution in [2.75, 3.05) is 0 Å². The average Bonchev–Trinajstić information content (AvgIpc) is 3.74. The van der Waals surface area contributed by atoms with Crippen LogP contribution >= 0.6 is 0 Å². The van der Waals surface area contributed by atoms with Crippen LogP contribution in [0.15, 0.2) is 170 Å². The summed E-state index contributed by atoms with van der Waals surface area (Å²) >= 11 is 0. The van der Waals surface area contributed by atoms with E-state index < -0.39 is 0 Å². The van der Waals surface area contributed by atoms with E-state index in [2.05, 4.69) is 234 Å². The van der Waals surface area contributed by atoms with Crippen LogP contribution in [0, 0.1) is 24.7 Å². The molecule has 8 aromatic carbocycles. The first-order valence-corrected chi connectivity index (χ1v) is 22.3. The molecule has 306 valence electrons. The van der Waals surface area contributed by atoms with Crippen molar-refractivity contribution >= 4 is 43.6 Å². The van der Waals surface area contributed by atoms with Gasteiger partial charge < -0.3 is 9.13 Å². The fraction of sp³-hybridized carbons (Fsp3) is 0.200. The van der Waals surface area contributed by atoms with E-state index in [0.717, 1.165) is 24.2 Å². The van der Waals surface area contributed by atoms with E-state index >= 15 is 0 Å². The zero-order valence-corrected chi connectivity index (χ0v) is 37.5. The summed E-state index contributed by atoms with van der Waals surface area (Å²) < 4.78 is 4.93. The predicted molar refractivity (Wildman–Crippen MR) is 267 cm³/mol. The van der Waals surface area contributed by atoms with E-state index in [4.69, 9.17) is 0 Å². The van der Waals surface area contributed by atoms with Crippen molar-refractivity contribution in [3.63, 3.8) is 0 Å². The summed E-state index contributed by atoms with van der Waals surface area (Å²) in [6.45, 7) is 18.4. The van der Waals surface area contributed by atoms with Gasteiger partial charge in [0.1, 0.15) is 0 Å². The van der Waals surface area contributed by atoms with Crippen molar-refractivity contribution < 1.29 is 0 Å². The quantitative estimate of drug-likeness (QED) is 0.152. The SMILES string of the molecule is Cc1ccccc1-c1ccc2c(c1)c1cc(CC(C)(C)C)ccc1n2-c1cccc(-c2cccc(-n3c4ccc(CC(C)(C)C)cc4c4cc(-c5ccccc5C)ccc43)c2)c1. The Balaban J connectivity index is 1.11. The highest BCUT2D eigenvalue weighted by atomic mass is 15.0. The van der Waals surface area contributed by atoms with Gasteiger partial charge in [-0.25, -0.2) is 0 Å². The predicted octanol–water partition coefficient (Wildman–Crippen LogP) is 16.7. The molecule has 10 aromatic rings. The highest BCUT2D eigenvalue weighted by Crippen LogP contribution is 2.40. The first-order chi connectivity index (χ1) is 29.8. The number of fused-ring (bicyclic) bond motifs is 6. The van der Waals surface area contributed by atoms with E-state index in [0.29, 0.717) is 0 Å². The Bertz CT molecular complexity index is 3110. The smallest absolute Gasteiger partial charge is 0.0541 e. The van der Waals surface area contributed by atoms with Gasteiger partial charge in [0.2, 0.25) is 0 Å². The minimum absolute atomic E-state index is 0.194. The minimum Gasteiger partial charge on any atom is -0.309 e. The van der Waals surface area contributed by atoms with Crippen molar-refractivity contribution in [2.24, 2.45) is 10.8 Å². The second-order valence-corrected chi connectivity index (χ2v) is 20.0. The summed E-state index contributed by atoms with van der Waals surface area (Å²) in [5.74, 6) is 0. The molecule has 2 heterocycles. The molecule has 0 atom stereocenters. The molecule has 0 fully saturated rings. The molecule has 0 aliphatic carbocycles. The molecule has 0 aliphatic heterocycles. The summed E-state index contributed by atoms with van der Waals surface area (Å²) in [5, 5.41) is 5.16. The molecule has 0 aliphatic rings. The lowest BCUT2D eigenvalue weighted by Gasteiger charge is -2.18. The monoisotopic (exact) mass is 804 g/mol. The van der Waals surface area contributed by atoms with Gasteiger partial charge in [0.25, 0.3) is 0 Å². The third kappa shape index (κ3) is 7.32.